The van der Waals surface area contributed by atoms with Crippen molar-refractivity contribution >= 4 is 17.6 Å². The molecule has 0 atom stereocenters. The van der Waals surface area contributed by atoms with Crippen molar-refractivity contribution in [3.63, 3.8) is 0 Å². The fourth-order valence-electron chi connectivity index (χ4n) is 3.51. The zero-order valence-electron chi connectivity index (χ0n) is 18.0. The van der Waals surface area contributed by atoms with Crippen LogP contribution in [0.3, 0.4) is 0 Å². The molecule has 1 aliphatic rings. The molecule has 2 aromatic carbocycles. The summed E-state index contributed by atoms with van der Waals surface area (Å²) in [6.45, 7) is 0.795. The van der Waals surface area contributed by atoms with Crippen molar-refractivity contribution in [3.05, 3.63) is 71.3 Å². The van der Waals surface area contributed by atoms with Crippen LogP contribution in [0.4, 0.5) is 5.69 Å². The van der Waals surface area contributed by atoms with Crippen LogP contribution in [0.2, 0.25) is 0 Å². The smallest absolute Gasteiger partial charge is 0.340 e. The van der Waals surface area contributed by atoms with Gasteiger partial charge in [0.25, 0.3) is 5.91 Å². The minimum absolute atomic E-state index is 0.323. The van der Waals surface area contributed by atoms with Gasteiger partial charge >= 0.3 is 5.97 Å². The summed E-state index contributed by atoms with van der Waals surface area (Å²) in [7, 11) is 1.60. The molecule has 0 fully saturated rings. The predicted molar refractivity (Wildman–Crippen MR) is 121 cm³/mol. The van der Waals surface area contributed by atoms with Crippen molar-refractivity contribution in [2.45, 2.75) is 38.6 Å². The molecular weight excluding hydrogens is 392 g/mol. The Labute approximate surface area is 183 Å². The Bertz CT molecular complexity index is 906. The number of allylic oxidation sites excluding steroid dienone is 1. The number of amides is 1. The second-order valence-electron chi connectivity index (χ2n) is 7.53. The number of para-hydroxylation sites is 1. The molecule has 0 aliphatic heterocycles. The number of ether oxygens (including phenoxy) is 2. The van der Waals surface area contributed by atoms with E-state index in [-0.39, 0.29) is 12.5 Å². The van der Waals surface area contributed by atoms with E-state index in [2.05, 4.69) is 16.7 Å². The van der Waals surface area contributed by atoms with Gasteiger partial charge in [-0.15, -0.1) is 0 Å². The summed E-state index contributed by atoms with van der Waals surface area (Å²) in [6, 6.07) is 14.6. The van der Waals surface area contributed by atoms with E-state index in [1.54, 1.807) is 19.2 Å². The van der Waals surface area contributed by atoms with E-state index in [1.807, 2.05) is 36.4 Å². The van der Waals surface area contributed by atoms with Crippen molar-refractivity contribution in [2.24, 2.45) is 0 Å². The first-order valence-electron chi connectivity index (χ1n) is 10.7. The molecule has 0 bridgehead atoms. The minimum atomic E-state index is -0.514. The molecule has 1 amide bonds. The zero-order valence-corrected chi connectivity index (χ0v) is 18.0. The third-order valence-corrected chi connectivity index (χ3v) is 5.28. The van der Waals surface area contributed by atoms with Crippen LogP contribution in [0.5, 0.6) is 5.75 Å². The number of esters is 1. The van der Waals surface area contributed by atoms with Gasteiger partial charge in [0.1, 0.15) is 5.75 Å². The Morgan fingerprint density at radius 3 is 2.58 bits per heavy atom. The van der Waals surface area contributed by atoms with Crippen molar-refractivity contribution in [1.82, 2.24) is 5.32 Å². The van der Waals surface area contributed by atoms with E-state index in [9.17, 15) is 9.59 Å². The van der Waals surface area contributed by atoms with Crippen LogP contribution in [0.1, 0.15) is 48.0 Å². The van der Waals surface area contributed by atoms with Gasteiger partial charge in [-0.2, -0.15) is 0 Å². The van der Waals surface area contributed by atoms with Crippen molar-refractivity contribution < 1.29 is 19.1 Å². The van der Waals surface area contributed by atoms with Crippen molar-refractivity contribution in [2.75, 3.05) is 25.6 Å². The van der Waals surface area contributed by atoms with Crippen LogP contribution in [0, 0.1) is 0 Å². The van der Waals surface area contributed by atoms with Gasteiger partial charge < -0.3 is 20.1 Å². The third kappa shape index (κ3) is 7.17. The van der Waals surface area contributed by atoms with E-state index in [0.717, 1.165) is 36.4 Å². The fraction of sp³-hybridized carbons (Fsp3) is 0.360. The lowest BCUT2D eigenvalue weighted by atomic mass is 9.97. The van der Waals surface area contributed by atoms with Gasteiger partial charge in [-0.25, -0.2) is 4.79 Å². The Kier molecular flexibility index (Phi) is 8.52. The lowest BCUT2D eigenvalue weighted by Crippen LogP contribution is -2.28. The molecular formula is C25H30N2O4. The molecule has 2 aromatic rings. The SMILES string of the molecule is COc1ccc(CNC(=O)COC(=O)c2ccccc2NCCC2=CCCCC2)cc1. The molecule has 6 heteroatoms. The van der Waals surface area contributed by atoms with Crippen LogP contribution in [-0.4, -0.2) is 32.1 Å². The molecule has 0 aromatic heterocycles. The number of carbonyl (C=O) groups is 2. The third-order valence-electron chi connectivity index (χ3n) is 5.28. The van der Waals surface area contributed by atoms with Gasteiger partial charge in [0.05, 0.1) is 12.7 Å². The van der Waals surface area contributed by atoms with Gasteiger partial charge in [0, 0.05) is 18.8 Å². The van der Waals surface area contributed by atoms with Crippen LogP contribution in [-0.2, 0) is 16.1 Å². The number of nitrogens with one attached hydrogen (secondary N) is 2. The number of methoxy groups -OCH3 is 1. The summed E-state index contributed by atoms with van der Waals surface area (Å²) in [4.78, 5) is 24.6. The highest BCUT2D eigenvalue weighted by Crippen LogP contribution is 2.21. The van der Waals surface area contributed by atoms with Crippen LogP contribution < -0.4 is 15.4 Å². The average molecular weight is 423 g/mol. The topological polar surface area (TPSA) is 76.7 Å². The predicted octanol–water partition coefficient (Wildman–Crippen LogP) is 4.47. The van der Waals surface area contributed by atoms with Crippen molar-refractivity contribution in [3.8, 4) is 5.75 Å². The molecule has 164 valence electrons. The molecule has 0 saturated carbocycles. The maximum absolute atomic E-state index is 12.5. The van der Waals surface area contributed by atoms with E-state index in [0.29, 0.717) is 12.1 Å². The highest BCUT2D eigenvalue weighted by atomic mass is 16.5. The molecule has 0 spiro atoms. The maximum Gasteiger partial charge on any atom is 0.340 e. The Balaban J connectivity index is 1.44. The maximum atomic E-state index is 12.5. The quantitative estimate of drug-likeness (QED) is 0.436. The molecule has 0 saturated heterocycles. The number of carbonyl (C=O) groups excluding carboxylic acids is 2. The number of anilines is 1. The summed E-state index contributed by atoms with van der Waals surface area (Å²) in [5.41, 5.74) is 3.57. The lowest BCUT2D eigenvalue weighted by molar-refractivity contribution is -0.124. The zero-order chi connectivity index (χ0) is 21.9. The lowest BCUT2D eigenvalue weighted by Gasteiger charge is -2.15. The number of rotatable bonds is 10. The molecule has 1 aliphatic carbocycles. The monoisotopic (exact) mass is 422 g/mol. The summed E-state index contributed by atoms with van der Waals surface area (Å²) in [6.07, 6.45) is 8.16. The summed E-state index contributed by atoms with van der Waals surface area (Å²) < 4.78 is 10.3. The number of hydrogen-bond donors (Lipinski definition) is 2. The summed E-state index contributed by atoms with van der Waals surface area (Å²) in [5, 5.41) is 6.08. The van der Waals surface area contributed by atoms with Gasteiger partial charge in [0.15, 0.2) is 6.61 Å². The van der Waals surface area contributed by atoms with Crippen LogP contribution >= 0.6 is 0 Å². The molecule has 0 radical (unpaired) electrons. The first-order chi connectivity index (χ1) is 15.2. The normalized spacial score (nSPS) is 13.1. The van der Waals surface area contributed by atoms with Gasteiger partial charge in [-0.1, -0.05) is 35.9 Å². The van der Waals surface area contributed by atoms with Gasteiger partial charge in [-0.3, -0.25) is 4.79 Å². The van der Waals surface area contributed by atoms with Crippen LogP contribution in [0.15, 0.2) is 60.2 Å². The number of benzene rings is 2. The molecule has 0 heterocycles. The molecule has 6 nitrogen and oxygen atoms in total. The van der Waals surface area contributed by atoms with E-state index in [1.165, 1.54) is 24.8 Å². The largest absolute Gasteiger partial charge is 0.497 e. The molecule has 3 rings (SSSR count). The summed E-state index contributed by atoms with van der Waals surface area (Å²) >= 11 is 0. The molecule has 0 unspecified atom stereocenters. The minimum Gasteiger partial charge on any atom is -0.497 e. The standard InChI is InChI=1S/C25H30N2O4/c1-30-21-13-11-20(12-14-21)17-27-24(28)18-31-25(29)22-9-5-6-10-23(22)26-16-15-19-7-3-2-4-8-19/h5-7,9-14,26H,2-4,8,15-18H2,1H3,(H,27,28). The first-order valence-corrected chi connectivity index (χ1v) is 10.7. The highest BCUT2D eigenvalue weighted by Gasteiger charge is 2.14. The second kappa shape index (κ2) is 11.8. The van der Waals surface area contributed by atoms with Crippen LogP contribution in [0.25, 0.3) is 0 Å². The van der Waals surface area contributed by atoms with E-state index >= 15 is 0 Å². The first kappa shape index (κ1) is 22.4. The Morgan fingerprint density at radius 2 is 1.84 bits per heavy atom. The van der Waals surface area contributed by atoms with Crippen molar-refractivity contribution in [1.29, 1.82) is 0 Å². The second-order valence-corrected chi connectivity index (χ2v) is 7.53. The fourth-order valence-corrected chi connectivity index (χ4v) is 3.51. The van der Waals surface area contributed by atoms with Gasteiger partial charge in [0.2, 0.25) is 0 Å². The Morgan fingerprint density at radius 1 is 1.03 bits per heavy atom. The Hall–Kier alpha value is -3.28. The van der Waals surface area contributed by atoms with E-state index < -0.39 is 5.97 Å². The van der Waals surface area contributed by atoms with Gasteiger partial charge in [-0.05, 0) is 61.9 Å². The number of hydrogen-bond acceptors (Lipinski definition) is 5. The summed E-state index contributed by atoms with van der Waals surface area (Å²) in [5.74, 6) is -0.106. The average Bonchev–Trinajstić information content (AvgIpc) is 2.82. The molecule has 31 heavy (non-hydrogen) atoms. The van der Waals surface area contributed by atoms with E-state index in [4.69, 9.17) is 9.47 Å². The molecule has 2 N–H and O–H groups in total. The highest BCUT2D eigenvalue weighted by molar-refractivity contribution is 5.96.